The van der Waals surface area contributed by atoms with Gasteiger partial charge in [-0.2, -0.15) is 0 Å². The largest absolute Gasteiger partial charge is 0.481 e. The van der Waals surface area contributed by atoms with E-state index in [1.807, 2.05) is 6.07 Å². The molecule has 0 aliphatic carbocycles. The maximum absolute atomic E-state index is 11.2. The summed E-state index contributed by atoms with van der Waals surface area (Å²) in [6, 6.07) is 2.05. The van der Waals surface area contributed by atoms with Crippen molar-refractivity contribution in [2.24, 2.45) is 0 Å². The number of carboxylic acids is 1. The van der Waals surface area contributed by atoms with Crippen molar-refractivity contribution < 1.29 is 9.90 Å². The third-order valence-corrected chi connectivity index (χ3v) is 6.80. The summed E-state index contributed by atoms with van der Waals surface area (Å²) in [5.74, 6) is -0.727. The summed E-state index contributed by atoms with van der Waals surface area (Å²) in [6.07, 6.45) is 5.04. The van der Waals surface area contributed by atoms with Crippen molar-refractivity contribution in [1.82, 2.24) is 4.90 Å². The van der Waals surface area contributed by atoms with Crippen molar-refractivity contribution in [2.45, 2.75) is 38.1 Å². The van der Waals surface area contributed by atoms with Gasteiger partial charge in [0.25, 0.3) is 0 Å². The molecule has 19 heavy (non-hydrogen) atoms. The molecule has 1 unspecified atom stereocenters. The standard InChI is InChI=1S/C13H17Br2NO2S/c14-9-7-11(19-13(9)15)10(8-12(17)18)16-5-3-1-2-4-6-16/h7,10H,1-6,8H2,(H,17,18). The monoisotopic (exact) mass is 409 g/mol. The Balaban J connectivity index is 2.21. The number of carboxylic acid groups (broad SMARTS) is 1. The van der Waals surface area contributed by atoms with Crippen LogP contribution in [0.25, 0.3) is 0 Å². The van der Waals surface area contributed by atoms with Gasteiger partial charge in [0.15, 0.2) is 0 Å². The number of halogens is 2. The number of carbonyl (C=O) groups is 1. The van der Waals surface area contributed by atoms with Gasteiger partial charge in [-0.3, -0.25) is 9.69 Å². The highest BCUT2D eigenvalue weighted by molar-refractivity contribution is 9.13. The van der Waals surface area contributed by atoms with Crippen LogP contribution in [0.3, 0.4) is 0 Å². The SMILES string of the molecule is O=C(O)CC(c1cc(Br)c(Br)s1)N1CCCCCC1. The molecule has 1 saturated heterocycles. The topological polar surface area (TPSA) is 40.5 Å². The average molecular weight is 411 g/mol. The van der Waals surface area contributed by atoms with Crippen LogP contribution in [-0.2, 0) is 4.79 Å². The molecule has 2 rings (SSSR count). The zero-order chi connectivity index (χ0) is 13.8. The summed E-state index contributed by atoms with van der Waals surface area (Å²) in [7, 11) is 0. The predicted molar refractivity (Wildman–Crippen MR) is 84.8 cm³/mol. The van der Waals surface area contributed by atoms with E-state index in [2.05, 4.69) is 36.8 Å². The van der Waals surface area contributed by atoms with Crippen LogP contribution in [0.4, 0.5) is 0 Å². The van der Waals surface area contributed by atoms with E-state index in [0.717, 1.165) is 26.2 Å². The number of hydrogen-bond acceptors (Lipinski definition) is 3. The van der Waals surface area contributed by atoms with Gasteiger partial charge in [-0.25, -0.2) is 0 Å². The van der Waals surface area contributed by atoms with Gasteiger partial charge in [0, 0.05) is 9.35 Å². The molecule has 2 heterocycles. The Bertz CT molecular complexity index is 422. The Morgan fingerprint density at radius 2 is 1.95 bits per heavy atom. The fourth-order valence-electron chi connectivity index (χ4n) is 2.51. The van der Waals surface area contributed by atoms with Gasteiger partial charge < -0.3 is 5.11 Å². The van der Waals surface area contributed by atoms with Crippen LogP contribution in [0.5, 0.6) is 0 Å². The van der Waals surface area contributed by atoms with Crippen LogP contribution in [0.1, 0.15) is 43.0 Å². The minimum atomic E-state index is -0.727. The predicted octanol–water partition coefficient (Wildman–Crippen LogP) is 4.66. The molecular weight excluding hydrogens is 394 g/mol. The molecule has 3 nitrogen and oxygen atoms in total. The Kier molecular flexibility index (Phi) is 5.87. The lowest BCUT2D eigenvalue weighted by Crippen LogP contribution is -2.30. The van der Waals surface area contributed by atoms with E-state index < -0.39 is 5.97 Å². The van der Waals surface area contributed by atoms with E-state index in [0.29, 0.717) is 0 Å². The Hall–Kier alpha value is 0.0900. The first-order chi connectivity index (χ1) is 9.08. The molecule has 1 aromatic heterocycles. The van der Waals surface area contributed by atoms with Gasteiger partial charge in [0.1, 0.15) is 0 Å². The number of nitrogens with zero attached hydrogens (tertiary/aromatic N) is 1. The Morgan fingerprint density at radius 1 is 1.32 bits per heavy atom. The molecule has 0 amide bonds. The van der Waals surface area contributed by atoms with E-state index in [4.69, 9.17) is 0 Å². The summed E-state index contributed by atoms with van der Waals surface area (Å²) in [5, 5.41) is 9.18. The maximum atomic E-state index is 11.2. The number of thiophene rings is 1. The summed E-state index contributed by atoms with van der Waals surface area (Å²) in [6.45, 7) is 2.01. The molecule has 1 aromatic rings. The third-order valence-electron chi connectivity index (χ3n) is 3.44. The molecule has 1 aliphatic heterocycles. The highest BCUT2D eigenvalue weighted by Gasteiger charge is 2.26. The molecular formula is C13H17Br2NO2S. The summed E-state index contributed by atoms with van der Waals surface area (Å²) in [5.41, 5.74) is 0. The van der Waals surface area contributed by atoms with Crippen LogP contribution in [0, 0.1) is 0 Å². The molecule has 1 fully saturated rings. The minimum absolute atomic E-state index is 0.00296. The molecule has 0 bridgehead atoms. The number of rotatable bonds is 4. The van der Waals surface area contributed by atoms with E-state index in [1.54, 1.807) is 11.3 Å². The maximum Gasteiger partial charge on any atom is 0.305 e. The van der Waals surface area contributed by atoms with E-state index in [9.17, 15) is 9.90 Å². The molecule has 0 spiro atoms. The van der Waals surface area contributed by atoms with Crippen molar-refractivity contribution in [3.63, 3.8) is 0 Å². The van der Waals surface area contributed by atoms with Crippen LogP contribution >= 0.6 is 43.2 Å². The van der Waals surface area contributed by atoms with Crippen LogP contribution in [-0.4, -0.2) is 29.1 Å². The van der Waals surface area contributed by atoms with Gasteiger partial charge in [-0.05, 0) is 63.9 Å². The van der Waals surface area contributed by atoms with Crippen LogP contribution in [0.2, 0.25) is 0 Å². The van der Waals surface area contributed by atoms with Crippen molar-refractivity contribution in [3.05, 3.63) is 19.2 Å². The first-order valence-electron chi connectivity index (χ1n) is 6.48. The highest BCUT2D eigenvalue weighted by Crippen LogP contribution is 2.39. The molecule has 1 atom stereocenters. The van der Waals surface area contributed by atoms with Gasteiger partial charge in [0.2, 0.25) is 0 Å². The summed E-state index contributed by atoms with van der Waals surface area (Å²) in [4.78, 5) is 14.6. The van der Waals surface area contributed by atoms with E-state index in [-0.39, 0.29) is 12.5 Å². The number of aliphatic carboxylic acids is 1. The summed E-state index contributed by atoms with van der Waals surface area (Å²) < 4.78 is 2.05. The quantitative estimate of drug-likeness (QED) is 0.784. The lowest BCUT2D eigenvalue weighted by atomic mass is 10.1. The third kappa shape index (κ3) is 4.28. The van der Waals surface area contributed by atoms with Crippen molar-refractivity contribution in [3.8, 4) is 0 Å². The number of hydrogen-bond donors (Lipinski definition) is 1. The zero-order valence-electron chi connectivity index (χ0n) is 10.6. The Labute approximate surface area is 134 Å². The zero-order valence-corrected chi connectivity index (χ0v) is 14.6. The molecule has 1 N–H and O–H groups in total. The van der Waals surface area contributed by atoms with Crippen molar-refractivity contribution in [1.29, 1.82) is 0 Å². The lowest BCUT2D eigenvalue weighted by Gasteiger charge is -2.28. The van der Waals surface area contributed by atoms with Gasteiger partial charge in [-0.1, -0.05) is 12.8 Å². The first kappa shape index (κ1) is 15.5. The lowest BCUT2D eigenvalue weighted by molar-refractivity contribution is -0.138. The highest BCUT2D eigenvalue weighted by atomic mass is 79.9. The normalized spacial score (nSPS) is 19.1. The van der Waals surface area contributed by atoms with Gasteiger partial charge >= 0.3 is 5.97 Å². The van der Waals surface area contributed by atoms with Crippen LogP contribution in [0.15, 0.2) is 14.3 Å². The second-order valence-corrected chi connectivity index (χ2v) is 8.09. The molecule has 106 valence electrons. The molecule has 0 saturated carbocycles. The van der Waals surface area contributed by atoms with E-state index >= 15 is 0 Å². The Morgan fingerprint density at radius 3 is 2.42 bits per heavy atom. The fourth-order valence-corrected chi connectivity index (χ4v) is 4.73. The second-order valence-electron chi connectivity index (χ2n) is 4.83. The molecule has 6 heteroatoms. The van der Waals surface area contributed by atoms with Crippen LogP contribution < -0.4 is 0 Å². The molecule has 0 aromatic carbocycles. The number of likely N-dealkylation sites (tertiary alicyclic amines) is 1. The fraction of sp³-hybridized carbons (Fsp3) is 0.615. The molecule has 1 aliphatic rings. The minimum Gasteiger partial charge on any atom is -0.481 e. The van der Waals surface area contributed by atoms with Gasteiger partial charge in [-0.15, -0.1) is 11.3 Å². The molecule has 0 radical (unpaired) electrons. The first-order valence-corrected chi connectivity index (χ1v) is 8.88. The average Bonchev–Trinajstić information content (AvgIpc) is 2.59. The second kappa shape index (κ2) is 7.20. The smallest absolute Gasteiger partial charge is 0.305 e. The summed E-state index contributed by atoms with van der Waals surface area (Å²) >= 11 is 8.61. The van der Waals surface area contributed by atoms with Gasteiger partial charge in [0.05, 0.1) is 16.2 Å². The van der Waals surface area contributed by atoms with Crippen molar-refractivity contribution in [2.75, 3.05) is 13.1 Å². The van der Waals surface area contributed by atoms with Crippen molar-refractivity contribution >= 4 is 49.2 Å². The van der Waals surface area contributed by atoms with E-state index in [1.165, 1.54) is 25.7 Å².